The van der Waals surface area contributed by atoms with E-state index >= 15 is 0 Å². The fourth-order valence-electron chi connectivity index (χ4n) is 3.28. The molecule has 0 saturated carbocycles. The van der Waals surface area contributed by atoms with E-state index in [-0.39, 0.29) is 11.5 Å². The summed E-state index contributed by atoms with van der Waals surface area (Å²) in [5.41, 5.74) is -0.605. The van der Waals surface area contributed by atoms with Crippen molar-refractivity contribution in [1.82, 2.24) is 10.2 Å². The van der Waals surface area contributed by atoms with E-state index in [1.807, 2.05) is 0 Å². The van der Waals surface area contributed by atoms with Crippen LogP contribution in [-0.4, -0.2) is 66.0 Å². The number of nitro benzene ring substituents is 2. The first-order chi connectivity index (χ1) is 15.8. The van der Waals surface area contributed by atoms with E-state index < -0.39 is 27.1 Å². The largest absolute Gasteiger partial charge is 0.379 e. The summed E-state index contributed by atoms with van der Waals surface area (Å²) in [7, 11) is 0. The maximum Gasteiger partial charge on any atom is 0.277 e. The highest BCUT2D eigenvalue weighted by Gasteiger charge is 2.20. The molecule has 12 nitrogen and oxygen atoms in total. The zero-order valence-electron chi connectivity index (χ0n) is 17.7. The van der Waals surface area contributed by atoms with Crippen LogP contribution in [0.3, 0.4) is 0 Å². The Morgan fingerprint density at radius 3 is 2.09 bits per heavy atom. The number of amides is 2. The Bertz CT molecular complexity index is 1000. The van der Waals surface area contributed by atoms with Crippen LogP contribution >= 0.6 is 0 Å². The Morgan fingerprint density at radius 1 is 0.909 bits per heavy atom. The Kier molecular flexibility index (Phi) is 8.00. The summed E-state index contributed by atoms with van der Waals surface area (Å²) in [6, 6.07) is 8.78. The predicted octanol–water partition coefficient (Wildman–Crippen LogP) is 2.21. The Hall–Kier alpha value is -3.90. The van der Waals surface area contributed by atoms with Crippen LogP contribution in [-0.2, 0) is 4.74 Å². The minimum Gasteiger partial charge on any atom is -0.379 e. The Morgan fingerprint density at radius 2 is 1.52 bits per heavy atom. The molecule has 0 bridgehead atoms. The Labute approximate surface area is 188 Å². The van der Waals surface area contributed by atoms with Crippen LogP contribution in [0.1, 0.15) is 27.1 Å². The molecule has 0 atom stereocenters. The average molecular weight is 457 g/mol. The van der Waals surface area contributed by atoms with E-state index in [0.717, 1.165) is 57.5 Å². The molecule has 2 aromatic rings. The van der Waals surface area contributed by atoms with Crippen LogP contribution in [0.25, 0.3) is 0 Å². The van der Waals surface area contributed by atoms with Gasteiger partial charge in [-0.25, -0.2) is 0 Å². The number of carbonyl (C=O) groups is 2. The predicted molar refractivity (Wildman–Crippen MR) is 118 cm³/mol. The lowest BCUT2D eigenvalue weighted by atomic mass is 10.1. The van der Waals surface area contributed by atoms with Gasteiger partial charge in [-0.05, 0) is 37.2 Å². The van der Waals surface area contributed by atoms with Gasteiger partial charge in [0.05, 0.1) is 34.7 Å². The SMILES string of the molecule is O=C(NCCCN1CCOCC1)c1ccc(NC(=O)c2cc([N+](=O)[O-])cc([N+](=O)[O-])c2)cc1. The number of rotatable bonds is 9. The second-order valence-corrected chi connectivity index (χ2v) is 7.35. The van der Waals surface area contributed by atoms with Gasteiger partial charge in [0.25, 0.3) is 23.2 Å². The molecule has 1 saturated heterocycles. The molecule has 1 heterocycles. The van der Waals surface area contributed by atoms with Crippen molar-refractivity contribution in [3.8, 4) is 0 Å². The molecule has 0 aliphatic carbocycles. The quantitative estimate of drug-likeness (QED) is 0.330. The number of nitro groups is 2. The molecule has 3 rings (SSSR count). The summed E-state index contributed by atoms with van der Waals surface area (Å²) < 4.78 is 5.30. The van der Waals surface area contributed by atoms with Gasteiger partial charge in [-0.3, -0.25) is 34.7 Å². The van der Waals surface area contributed by atoms with Gasteiger partial charge in [-0.15, -0.1) is 0 Å². The van der Waals surface area contributed by atoms with Gasteiger partial charge in [0.15, 0.2) is 0 Å². The van der Waals surface area contributed by atoms with Gasteiger partial charge in [-0.1, -0.05) is 0 Å². The van der Waals surface area contributed by atoms with Gasteiger partial charge in [0, 0.05) is 43.0 Å². The normalized spacial score (nSPS) is 13.8. The zero-order valence-corrected chi connectivity index (χ0v) is 17.7. The molecule has 0 aromatic heterocycles. The van der Waals surface area contributed by atoms with E-state index in [1.165, 1.54) is 24.3 Å². The lowest BCUT2D eigenvalue weighted by Crippen LogP contribution is -2.38. The number of nitrogens with zero attached hydrogens (tertiary/aromatic N) is 3. The van der Waals surface area contributed by atoms with E-state index in [9.17, 15) is 29.8 Å². The molecule has 1 aliphatic rings. The molecule has 0 radical (unpaired) electrons. The fraction of sp³-hybridized carbons (Fsp3) is 0.333. The third-order valence-corrected chi connectivity index (χ3v) is 5.03. The van der Waals surface area contributed by atoms with Crippen molar-refractivity contribution in [3.63, 3.8) is 0 Å². The molecule has 0 spiro atoms. The van der Waals surface area contributed by atoms with Crippen LogP contribution in [0.15, 0.2) is 42.5 Å². The highest BCUT2D eigenvalue weighted by Crippen LogP contribution is 2.23. The highest BCUT2D eigenvalue weighted by molar-refractivity contribution is 6.05. The van der Waals surface area contributed by atoms with Crippen molar-refractivity contribution in [1.29, 1.82) is 0 Å². The topological polar surface area (TPSA) is 157 Å². The molecule has 2 aromatic carbocycles. The van der Waals surface area contributed by atoms with Gasteiger partial charge in [-0.2, -0.15) is 0 Å². The minimum absolute atomic E-state index is 0.224. The minimum atomic E-state index is -0.807. The number of anilines is 1. The van der Waals surface area contributed by atoms with Crippen LogP contribution < -0.4 is 10.6 Å². The number of hydrogen-bond donors (Lipinski definition) is 2. The van der Waals surface area contributed by atoms with E-state index in [0.29, 0.717) is 17.8 Å². The number of nitrogens with one attached hydrogen (secondary N) is 2. The summed E-state index contributed by atoms with van der Waals surface area (Å²) in [4.78, 5) is 47.4. The summed E-state index contributed by atoms with van der Waals surface area (Å²) in [5.74, 6) is -0.994. The Balaban J connectivity index is 1.54. The molecule has 12 heteroatoms. The van der Waals surface area contributed by atoms with E-state index in [1.54, 1.807) is 0 Å². The molecule has 0 unspecified atom stereocenters. The first-order valence-corrected chi connectivity index (χ1v) is 10.3. The maximum absolute atomic E-state index is 12.4. The van der Waals surface area contributed by atoms with Crippen molar-refractivity contribution < 1.29 is 24.2 Å². The van der Waals surface area contributed by atoms with Crippen LogP contribution in [0.2, 0.25) is 0 Å². The van der Waals surface area contributed by atoms with Crippen LogP contribution in [0.4, 0.5) is 17.1 Å². The maximum atomic E-state index is 12.4. The molecular weight excluding hydrogens is 434 g/mol. The van der Waals surface area contributed by atoms with E-state index in [2.05, 4.69) is 15.5 Å². The molecular formula is C21H23N5O7. The summed E-state index contributed by atoms with van der Waals surface area (Å²) >= 11 is 0. The first kappa shape index (κ1) is 23.8. The van der Waals surface area contributed by atoms with Crippen LogP contribution in [0, 0.1) is 20.2 Å². The first-order valence-electron chi connectivity index (χ1n) is 10.3. The number of benzene rings is 2. The summed E-state index contributed by atoms with van der Waals surface area (Å²) in [6.07, 6.45) is 0.815. The van der Waals surface area contributed by atoms with Crippen molar-refractivity contribution in [3.05, 3.63) is 73.8 Å². The molecule has 33 heavy (non-hydrogen) atoms. The lowest BCUT2D eigenvalue weighted by molar-refractivity contribution is -0.394. The van der Waals surface area contributed by atoms with Gasteiger partial charge in [0.1, 0.15) is 0 Å². The summed E-state index contributed by atoms with van der Waals surface area (Å²) in [6.45, 7) is 4.65. The van der Waals surface area contributed by atoms with Crippen molar-refractivity contribution in [2.75, 3.05) is 44.7 Å². The number of ether oxygens (including phenoxy) is 1. The third-order valence-electron chi connectivity index (χ3n) is 5.03. The van der Waals surface area contributed by atoms with Gasteiger partial charge < -0.3 is 15.4 Å². The number of hydrogen-bond acceptors (Lipinski definition) is 8. The summed E-state index contributed by atoms with van der Waals surface area (Å²) in [5, 5.41) is 27.3. The molecule has 2 amide bonds. The molecule has 2 N–H and O–H groups in total. The second-order valence-electron chi connectivity index (χ2n) is 7.35. The third kappa shape index (κ3) is 6.79. The van der Waals surface area contributed by atoms with Crippen molar-refractivity contribution >= 4 is 28.9 Å². The van der Waals surface area contributed by atoms with Crippen LogP contribution in [0.5, 0.6) is 0 Å². The molecule has 1 fully saturated rings. The number of morpholine rings is 1. The smallest absolute Gasteiger partial charge is 0.277 e. The van der Waals surface area contributed by atoms with Crippen molar-refractivity contribution in [2.24, 2.45) is 0 Å². The molecule has 174 valence electrons. The van der Waals surface area contributed by atoms with Gasteiger partial charge >= 0.3 is 0 Å². The van der Waals surface area contributed by atoms with Crippen molar-refractivity contribution in [2.45, 2.75) is 6.42 Å². The average Bonchev–Trinajstić information content (AvgIpc) is 2.82. The monoisotopic (exact) mass is 457 g/mol. The standard InChI is InChI=1S/C21H23N5O7/c27-20(22-6-1-7-24-8-10-33-11-9-24)15-2-4-17(5-3-15)23-21(28)16-12-18(25(29)30)14-19(13-16)26(31)32/h2-5,12-14H,1,6-11H2,(H,22,27)(H,23,28). The fourth-order valence-corrected chi connectivity index (χ4v) is 3.28. The van der Waals surface area contributed by atoms with E-state index in [4.69, 9.17) is 4.74 Å². The highest BCUT2D eigenvalue weighted by atomic mass is 16.6. The number of carbonyl (C=O) groups excluding carboxylic acids is 2. The van der Waals surface area contributed by atoms with Gasteiger partial charge in [0.2, 0.25) is 0 Å². The lowest BCUT2D eigenvalue weighted by Gasteiger charge is -2.26. The zero-order chi connectivity index (χ0) is 23.8. The molecule has 1 aliphatic heterocycles. The number of non-ortho nitro benzene ring substituents is 2. The second kappa shape index (κ2) is 11.1.